The van der Waals surface area contributed by atoms with Gasteiger partial charge < -0.3 is 10.4 Å². The van der Waals surface area contributed by atoms with Gasteiger partial charge in [0.2, 0.25) is 6.41 Å². The van der Waals surface area contributed by atoms with Crippen LogP contribution in [0.1, 0.15) is 20.3 Å². The van der Waals surface area contributed by atoms with E-state index in [4.69, 9.17) is 5.11 Å². The summed E-state index contributed by atoms with van der Waals surface area (Å²) in [6.45, 7) is 7.95. The van der Waals surface area contributed by atoms with Crippen molar-refractivity contribution >= 4 is 12.4 Å². The minimum Gasteiger partial charge on any atom is -0.481 e. The number of carbonyl (C=O) groups is 2. The van der Waals surface area contributed by atoms with E-state index in [1.54, 1.807) is 0 Å². The van der Waals surface area contributed by atoms with Gasteiger partial charge in [-0.3, -0.25) is 9.59 Å². The molecule has 15 heavy (non-hydrogen) atoms. The van der Waals surface area contributed by atoms with E-state index in [9.17, 15) is 9.59 Å². The van der Waals surface area contributed by atoms with Crippen LogP contribution in [0.3, 0.4) is 0 Å². The third kappa shape index (κ3) is 5.20. The third-order valence-electron chi connectivity index (χ3n) is 2.28. The van der Waals surface area contributed by atoms with Crippen LogP contribution in [-0.4, -0.2) is 24.0 Å². The van der Waals surface area contributed by atoms with Gasteiger partial charge in [-0.15, -0.1) is 6.58 Å². The van der Waals surface area contributed by atoms with Crippen molar-refractivity contribution in [2.45, 2.75) is 20.3 Å². The van der Waals surface area contributed by atoms with Crippen LogP contribution in [0.15, 0.2) is 12.7 Å². The van der Waals surface area contributed by atoms with Gasteiger partial charge in [0.15, 0.2) is 0 Å². The van der Waals surface area contributed by atoms with E-state index in [2.05, 4.69) is 11.9 Å². The van der Waals surface area contributed by atoms with Crippen LogP contribution in [0.2, 0.25) is 0 Å². The predicted molar refractivity (Wildman–Crippen MR) is 58.3 cm³/mol. The molecule has 0 aliphatic carbocycles. The van der Waals surface area contributed by atoms with Crippen molar-refractivity contribution in [3.8, 4) is 0 Å². The summed E-state index contributed by atoms with van der Waals surface area (Å²) in [6, 6.07) is 0. The zero-order valence-electron chi connectivity index (χ0n) is 9.27. The van der Waals surface area contributed by atoms with Crippen molar-refractivity contribution in [2.75, 3.05) is 6.54 Å². The van der Waals surface area contributed by atoms with Gasteiger partial charge in [0.25, 0.3) is 0 Å². The average Bonchev–Trinajstić information content (AvgIpc) is 2.13. The quantitative estimate of drug-likeness (QED) is 0.471. The maximum absolute atomic E-state index is 10.9. The van der Waals surface area contributed by atoms with E-state index >= 15 is 0 Å². The van der Waals surface area contributed by atoms with Crippen LogP contribution in [0.25, 0.3) is 0 Å². The van der Waals surface area contributed by atoms with E-state index in [1.807, 2.05) is 13.8 Å². The fourth-order valence-corrected chi connectivity index (χ4v) is 1.66. The Bertz CT molecular complexity index is 226. The second kappa shape index (κ2) is 7.04. The van der Waals surface area contributed by atoms with Gasteiger partial charge in [-0.05, 0) is 18.3 Å². The lowest BCUT2D eigenvalue weighted by Crippen LogP contribution is -2.31. The summed E-state index contributed by atoms with van der Waals surface area (Å²) in [7, 11) is 0. The Morgan fingerprint density at radius 3 is 2.47 bits per heavy atom. The fourth-order valence-electron chi connectivity index (χ4n) is 1.66. The Morgan fingerprint density at radius 2 is 2.13 bits per heavy atom. The first-order valence-corrected chi connectivity index (χ1v) is 5.05. The highest BCUT2D eigenvalue weighted by molar-refractivity contribution is 5.72. The molecular weight excluding hydrogens is 194 g/mol. The molecule has 0 radical (unpaired) electrons. The molecule has 0 aliphatic heterocycles. The Hall–Kier alpha value is -1.32. The summed E-state index contributed by atoms with van der Waals surface area (Å²) >= 11 is 0. The highest BCUT2D eigenvalue weighted by Gasteiger charge is 2.25. The highest BCUT2D eigenvalue weighted by Crippen LogP contribution is 2.21. The Balaban J connectivity index is 4.48. The van der Waals surface area contributed by atoms with Crippen molar-refractivity contribution in [2.24, 2.45) is 17.8 Å². The maximum Gasteiger partial charge on any atom is 0.310 e. The normalized spacial score (nSPS) is 14.3. The predicted octanol–water partition coefficient (Wildman–Crippen LogP) is 1.28. The van der Waals surface area contributed by atoms with Gasteiger partial charge in [0.1, 0.15) is 0 Å². The van der Waals surface area contributed by atoms with Crippen molar-refractivity contribution in [1.82, 2.24) is 5.32 Å². The van der Waals surface area contributed by atoms with Gasteiger partial charge in [-0.1, -0.05) is 19.9 Å². The Labute approximate surface area is 90.4 Å². The summed E-state index contributed by atoms with van der Waals surface area (Å²) in [4.78, 5) is 21.1. The molecule has 0 rings (SSSR count). The topological polar surface area (TPSA) is 66.4 Å². The van der Waals surface area contributed by atoms with Gasteiger partial charge in [-0.25, -0.2) is 0 Å². The maximum atomic E-state index is 10.9. The summed E-state index contributed by atoms with van der Waals surface area (Å²) in [5, 5.41) is 11.5. The van der Waals surface area contributed by atoms with E-state index in [0.717, 1.165) is 6.42 Å². The number of nitrogens with one attached hydrogen (secondary N) is 1. The standard InChI is InChI=1S/C11H19NO3/c1-4-10(11(14)15)9(5-8(2)3)6-12-7-13/h4,7-10H,1,5-6H2,2-3H3,(H,12,13)(H,14,15). The van der Waals surface area contributed by atoms with Crippen LogP contribution >= 0.6 is 0 Å². The molecule has 2 unspecified atom stereocenters. The third-order valence-corrected chi connectivity index (χ3v) is 2.28. The molecule has 2 atom stereocenters. The van der Waals surface area contributed by atoms with Crippen molar-refractivity contribution < 1.29 is 14.7 Å². The van der Waals surface area contributed by atoms with Crippen molar-refractivity contribution in [1.29, 1.82) is 0 Å². The summed E-state index contributed by atoms with van der Waals surface area (Å²) in [5.74, 6) is -1.18. The summed E-state index contributed by atoms with van der Waals surface area (Å²) in [5.41, 5.74) is 0. The van der Waals surface area contributed by atoms with Crippen LogP contribution in [0, 0.1) is 17.8 Å². The van der Waals surface area contributed by atoms with Gasteiger partial charge in [0.05, 0.1) is 5.92 Å². The first-order valence-electron chi connectivity index (χ1n) is 5.05. The molecule has 0 saturated heterocycles. The lowest BCUT2D eigenvalue weighted by Gasteiger charge is -2.22. The minimum absolute atomic E-state index is 0.0924. The average molecular weight is 213 g/mol. The fraction of sp³-hybridized carbons (Fsp3) is 0.636. The zero-order valence-corrected chi connectivity index (χ0v) is 9.27. The second-order valence-electron chi connectivity index (χ2n) is 4.02. The van der Waals surface area contributed by atoms with E-state index in [1.165, 1.54) is 6.08 Å². The number of carbonyl (C=O) groups excluding carboxylic acids is 1. The van der Waals surface area contributed by atoms with Gasteiger partial charge in [-0.2, -0.15) is 0 Å². The van der Waals surface area contributed by atoms with E-state index in [0.29, 0.717) is 18.9 Å². The van der Waals surface area contributed by atoms with Crippen LogP contribution in [0.5, 0.6) is 0 Å². The number of carboxylic acid groups (broad SMARTS) is 1. The number of aliphatic carboxylic acids is 1. The van der Waals surface area contributed by atoms with Crippen LogP contribution < -0.4 is 5.32 Å². The first kappa shape index (κ1) is 13.7. The molecule has 4 heteroatoms. The second-order valence-corrected chi connectivity index (χ2v) is 4.02. The molecule has 0 fully saturated rings. The van der Waals surface area contributed by atoms with Crippen molar-refractivity contribution in [3.63, 3.8) is 0 Å². The molecule has 0 heterocycles. The molecule has 0 saturated carbocycles. The van der Waals surface area contributed by atoms with Crippen LogP contribution in [-0.2, 0) is 9.59 Å². The molecule has 0 bridgehead atoms. The summed E-state index contributed by atoms with van der Waals surface area (Å²) in [6.07, 6.45) is 2.78. The Morgan fingerprint density at radius 1 is 1.53 bits per heavy atom. The lowest BCUT2D eigenvalue weighted by atomic mass is 9.85. The van der Waals surface area contributed by atoms with E-state index in [-0.39, 0.29) is 5.92 Å². The molecule has 4 nitrogen and oxygen atoms in total. The first-order chi connectivity index (χ1) is 7.02. The van der Waals surface area contributed by atoms with Crippen molar-refractivity contribution in [3.05, 3.63) is 12.7 Å². The number of hydrogen-bond donors (Lipinski definition) is 2. The number of carboxylic acids is 1. The Kier molecular flexibility index (Phi) is 6.42. The molecular formula is C11H19NO3. The smallest absolute Gasteiger partial charge is 0.310 e. The molecule has 86 valence electrons. The number of hydrogen-bond acceptors (Lipinski definition) is 2. The van der Waals surface area contributed by atoms with E-state index < -0.39 is 11.9 Å². The largest absolute Gasteiger partial charge is 0.481 e. The lowest BCUT2D eigenvalue weighted by molar-refractivity contribution is -0.142. The monoisotopic (exact) mass is 213 g/mol. The molecule has 0 aliphatic rings. The molecule has 0 aromatic heterocycles. The zero-order chi connectivity index (χ0) is 11.8. The number of rotatable bonds is 8. The molecule has 0 spiro atoms. The molecule has 0 aromatic rings. The number of amides is 1. The molecule has 1 amide bonds. The highest BCUT2D eigenvalue weighted by atomic mass is 16.4. The molecule has 2 N–H and O–H groups in total. The minimum atomic E-state index is -0.886. The van der Waals surface area contributed by atoms with Gasteiger partial charge >= 0.3 is 5.97 Å². The SMILES string of the molecule is C=CC(C(=O)O)C(CNC=O)CC(C)C. The molecule has 0 aromatic carbocycles. The van der Waals surface area contributed by atoms with Crippen LogP contribution in [0.4, 0.5) is 0 Å². The van der Waals surface area contributed by atoms with Gasteiger partial charge in [0, 0.05) is 6.54 Å². The summed E-state index contributed by atoms with van der Waals surface area (Å²) < 4.78 is 0.